The summed E-state index contributed by atoms with van der Waals surface area (Å²) in [5, 5.41) is 6.72. The van der Waals surface area contributed by atoms with Crippen LogP contribution in [0.2, 0.25) is 0 Å². The van der Waals surface area contributed by atoms with Gasteiger partial charge < -0.3 is 15.4 Å². The number of nitrogens with zero attached hydrogens (tertiary/aromatic N) is 2. The van der Waals surface area contributed by atoms with Crippen LogP contribution < -0.4 is 15.4 Å². The van der Waals surface area contributed by atoms with Gasteiger partial charge in [0.1, 0.15) is 5.82 Å². The molecule has 0 amide bonds. The van der Waals surface area contributed by atoms with E-state index in [4.69, 9.17) is 4.74 Å². The highest BCUT2D eigenvalue weighted by atomic mass is 16.5. The Kier molecular flexibility index (Phi) is 4.55. The highest BCUT2D eigenvalue weighted by Crippen LogP contribution is 2.11. The second-order valence-corrected chi connectivity index (χ2v) is 4.27. The molecule has 1 unspecified atom stereocenters. The summed E-state index contributed by atoms with van der Waals surface area (Å²) in [5.74, 6) is 1.38. The smallest absolute Gasteiger partial charge is 0.234 e. The minimum atomic E-state index is 0.553. The Hall–Kier alpha value is -1.36. The second-order valence-electron chi connectivity index (χ2n) is 4.27. The molecule has 94 valence electrons. The van der Waals surface area contributed by atoms with E-state index in [1.54, 1.807) is 12.4 Å². The van der Waals surface area contributed by atoms with E-state index in [0.717, 1.165) is 25.3 Å². The van der Waals surface area contributed by atoms with Crippen molar-refractivity contribution in [1.29, 1.82) is 0 Å². The molecule has 5 nitrogen and oxygen atoms in total. The van der Waals surface area contributed by atoms with Crippen molar-refractivity contribution in [1.82, 2.24) is 15.3 Å². The van der Waals surface area contributed by atoms with Crippen LogP contribution in [0.4, 0.5) is 5.82 Å². The lowest BCUT2D eigenvalue weighted by atomic mass is 10.2. The first-order chi connectivity index (χ1) is 8.38. The van der Waals surface area contributed by atoms with E-state index < -0.39 is 0 Å². The van der Waals surface area contributed by atoms with Crippen molar-refractivity contribution < 1.29 is 4.74 Å². The fourth-order valence-electron chi connectivity index (χ4n) is 1.87. The molecule has 1 atom stereocenters. The molecule has 1 saturated heterocycles. The monoisotopic (exact) mass is 236 g/mol. The summed E-state index contributed by atoms with van der Waals surface area (Å²) >= 11 is 0. The molecule has 2 heterocycles. The first-order valence-corrected chi connectivity index (χ1v) is 6.30. The number of hydrogen-bond donors (Lipinski definition) is 2. The van der Waals surface area contributed by atoms with Crippen molar-refractivity contribution in [3.05, 3.63) is 12.4 Å². The molecular weight excluding hydrogens is 216 g/mol. The maximum Gasteiger partial charge on any atom is 0.234 e. The summed E-state index contributed by atoms with van der Waals surface area (Å²) in [6.45, 7) is 4.77. The zero-order chi connectivity index (χ0) is 11.9. The summed E-state index contributed by atoms with van der Waals surface area (Å²) in [6, 6.07) is 0.553. The average molecular weight is 236 g/mol. The lowest BCUT2D eigenvalue weighted by Gasteiger charge is -2.12. The number of aromatic nitrogens is 2. The van der Waals surface area contributed by atoms with E-state index in [1.807, 2.05) is 0 Å². The molecule has 0 bridgehead atoms. The number of hydrogen-bond acceptors (Lipinski definition) is 5. The van der Waals surface area contributed by atoms with Gasteiger partial charge in [-0.1, -0.05) is 6.92 Å². The maximum absolute atomic E-state index is 5.44. The second kappa shape index (κ2) is 6.39. The van der Waals surface area contributed by atoms with Gasteiger partial charge in [0, 0.05) is 12.6 Å². The maximum atomic E-state index is 5.44. The lowest BCUT2D eigenvalue weighted by molar-refractivity contribution is 0.304. The van der Waals surface area contributed by atoms with Gasteiger partial charge in [-0.2, -0.15) is 4.98 Å². The number of rotatable bonds is 6. The van der Waals surface area contributed by atoms with Gasteiger partial charge in [0.15, 0.2) is 0 Å². The topological polar surface area (TPSA) is 59.1 Å². The third-order valence-corrected chi connectivity index (χ3v) is 2.76. The van der Waals surface area contributed by atoms with Crippen molar-refractivity contribution >= 4 is 5.82 Å². The van der Waals surface area contributed by atoms with Crippen LogP contribution in [0.3, 0.4) is 0 Å². The Balaban J connectivity index is 1.82. The minimum absolute atomic E-state index is 0.553. The number of ether oxygens (including phenoxy) is 1. The average Bonchev–Trinajstić information content (AvgIpc) is 2.87. The molecule has 1 aromatic rings. The van der Waals surface area contributed by atoms with E-state index in [1.165, 1.54) is 12.8 Å². The SMILES string of the molecule is CCCOc1cncc(NCC2CCCN2)n1. The number of nitrogens with one attached hydrogen (secondary N) is 2. The Bertz CT molecular complexity index is 339. The van der Waals surface area contributed by atoms with Gasteiger partial charge in [-0.25, -0.2) is 0 Å². The molecule has 1 aliphatic rings. The molecule has 1 fully saturated rings. The Morgan fingerprint density at radius 3 is 3.24 bits per heavy atom. The molecule has 0 spiro atoms. The fraction of sp³-hybridized carbons (Fsp3) is 0.667. The highest BCUT2D eigenvalue weighted by molar-refractivity contribution is 5.33. The van der Waals surface area contributed by atoms with Crippen molar-refractivity contribution in [2.45, 2.75) is 32.2 Å². The van der Waals surface area contributed by atoms with Crippen molar-refractivity contribution in [3.63, 3.8) is 0 Å². The first kappa shape index (κ1) is 12.1. The van der Waals surface area contributed by atoms with Crippen LogP contribution in [-0.2, 0) is 0 Å². The molecule has 2 rings (SSSR count). The molecule has 1 aromatic heterocycles. The van der Waals surface area contributed by atoms with Crippen molar-refractivity contribution in [2.24, 2.45) is 0 Å². The largest absolute Gasteiger partial charge is 0.477 e. The van der Waals surface area contributed by atoms with Crippen LogP contribution in [0, 0.1) is 0 Å². The van der Waals surface area contributed by atoms with Gasteiger partial charge in [-0.15, -0.1) is 0 Å². The van der Waals surface area contributed by atoms with Crippen LogP contribution in [0.15, 0.2) is 12.4 Å². The zero-order valence-corrected chi connectivity index (χ0v) is 10.3. The Labute approximate surface area is 102 Å². The van der Waals surface area contributed by atoms with Gasteiger partial charge in [-0.3, -0.25) is 4.98 Å². The summed E-state index contributed by atoms with van der Waals surface area (Å²) < 4.78 is 5.44. The molecule has 0 saturated carbocycles. The standard InChI is InChI=1S/C12H20N4O/c1-2-6-17-12-9-13-8-11(16-12)15-7-10-4-3-5-14-10/h8-10,14H,2-7H2,1H3,(H,15,16). The van der Waals surface area contributed by atoms with Gasteiger partial charge >= 0.3 is 0 Å². The molecule has 5 heteroatoms. The van der Waals surface area contributed by atoms with E-state index in [-0.39, 0.29) is 0 Å². The summed E-state index contributed by atoms with van der Waals surface area (Å²) in [4.78, 5) is 8.46. The van der Waals surface area contributed by atoms with E-state index in [2.05, 4.69) is 27.5 Å². The van der Waals surface area contributed by atoms with Crippen LogP contribution >= 0.6 is 0 Å². The van der Waals surface area contributed by atoms with Gasteiger partial charge in [0.25, 0.3) is 0 Å². The van der Waals surface area contributed by atoms with Crippen LogP contribution in [0.1, 0.15) is 26.2 Å². The van der Waals surface area contributed by atoms with Gasteiger partial charge in [0.2, 0.25) is 5.88 Å². The lowest BCUT2D eigenvalue weighted by Crippen LogP contribution is -2.29. The fourth-order valence-corrected chi connectivity index (χ4v) is 1.87. The van der Waals surface area contributed by atoms with E-state index >= 15 is 0 Å². The van der Waals surface area contributed by atoms with E-state index in [9.17, 15) is 0 Å². The van der Waals surface area contributed by atoms with Gasteiger partial charge in [-0.05, 0) is 25.8 Å². The summed E-state index contributed by atoms with van der Waals surface area (Å²) in [7, 11) is 0. The molecule has 0 radical (unpaired) electrons. The third-order valence-electron chi connectivity index (χ3n) is 2.76. The highest BCUT2D eigenvalue weighted by Gasteiger charge is 2.13. The van der Waals surface area contributed by atoms with Gasteiger partial charge in [0.05, 0.1) is 19.0 Å². The molecule has 2 N–H and O–H groups in total. The van der Waals surface area contributed by atoms with Crippen LogP contribution in [0.25, 0.3) is 0 Å². The van der Waals surface area contributed by atoms with E-state index in [0.29, 0.717) is 18.5 Å². The predicted molar refractivity (Wildman–Crippen MR) is 67.3 cm³/mol. The molecule has 0 aromatic carbocycles. The zero-order valence-electron chi connectivity index (χ0n) is 10.3. The molecular formula is C12H20N4O. The predicted octanol–water partition coefficient (Wildman–Crippen LogP) is 1.43. The quantitative estimate of drug-likeness (QED) is 0.782. The number of anilines is 1. The minimum Gasteiger partial charge on any atom is -0.477 e. The summed E-state index contributed by atoms with van der Waals surface area (Å²) in [5.41, 5.74) is 0. The third kappa shape index (κ3) is 3.85. The van der Waals surface area contributed by atoms with Crippen molar-refractivity contribution in [2.75, 3.05) is 25.0 Å². The van der Waals surface area contributed by atoms with Crippen LogP contribution in [0.5, 0.6) is 5.88 Å². The Morgan fingerprint density at radius 2 is 2.47 bits per heavy atom. The molecule has 17 heavy (non-hydrogen) atoms. The van der Waals surface area contributed by atoms with Crippen LogP contribution in [-0.4, -0.2) is 35.7 Å². The Morgan fingerprint density at radius 1 is 1.53 bits per heavy atom. The molecule has 0 aliphatic carbocycles. The van der Waals surface area contributed by atoms with Crippen molar-refractivity contribution in [3.8, 4) is 5.88 Å². The normalized spacial score (nSPS) is 19.2. The first-order valence-electron chi connectivity index (χ1n) is 6.30. The summed E-state index contributed by atoms with van der Waals surface area (Å²) in [6.07, 6.45) is 6.85. The molecule has 1 aliphatic heterocycles.